The Bertz CT molecular complexity index is 614. The van der Waals surface area contributed by atoms with Gasteiger partial charge in [-0.05, 0) is 5.29 Å². The summed E-state index contributed by atoms with van der Waals surface area (Å²) in [5.74, 6) is -5.72. The fraction of sp³-hybridized carbons (Fsp3) is 0.167. The molecule has 1 amide bonds. The molecule has 0 atom stereocenters. The molecule has 0 aromatic carbocycles. The number of rotatable bonds is 4. The molecule has 1 heterocycles. The van der Waals surface area contributed by atoms with E-state index in [1.54, 1.807) is 0 Å². The van der Waals surface area contributed by atoms with Gasteiger partial charge in [0, 0.05) is 0 Å². The zero-order chi connectivity index (χ0) is 16.5. The first kappa shape index (κ1) is 16.6. The molecular weight excluding hydrogens is 338 g/mol. The third-order valence-electron chi connectivity index (χ3n) is 1.70. The molecule has 10 nitrogen and oxygen atoms in total. The van der Waals surface area contributed by atoms with Gasteiger partial charge in [0.15, 0.2) is 0 Å². The van der Waals surface area contributed by atoms with E-state index in [-0.39, 0.29) is 0 Å². The predicted molar refractivity (Wildman–Crippen MR) is 51.4 cm³/mol. The lowest BCUT2D eigenvalue weighted by Crippen LogP contribution is -2.30. The van der Waals surface area contributed by atoms with Crippen LogP contribution in [0.4, 0.5) is 29.2 Å². The quantitative estimate of drug-likeness (QED) is 0.357. The largest absolute Gasteiger partial charge is 0.546 e. The van der Waals surface area contributed by atoms with Crippen molar-refractivity contribution in [3.63, 3.8) is 0 Å². The van der Waals surface area contributed by atoms with Gasteiger partial charge in [0.1, 0.15) is 4.92 Å². The molecule has 21 heavy (non-hydrogen) atoms. The molecule has 0 radical (unpaired) electrons. The monoisotopic (exact) mass is 337 g/mol. The Morgan fingerprint density at radius 2 is 1.81 bits per heavy atom. The van der Waals surface area contributed by atoms with E-state index in [9.17, 15) is 42.7 Å². The second-order valence-corrected chi connectivity index (χ2v) is 3.38. The van der Waals surface area contributed by atoms with Crippen molar-refractivity contribution < 1.29 is 41.5 Å². The first-order valence-electron chi connectivity index (χ1n) is 4.33. The summed E-state index contributed by atoms with van der Waals surface area (Å²) in [6, 6.07) is 0. The molecule has 1 rings (SSSR count). The number of nitro groups is 2. The number of halogens is 5. The third-order valence-corrected chi connectivity index (χ3v) is 2.04. The molecule has 0 unspecified atom stereocenters. The van der Waals surface area contributed by atoms with E-state index >= 15 is 0 Å². The molecule has 0 saturated carbocycles. The minimum Gasteiger partial charge on any atom is -0.386 e. The van der Waals surface area contributed by atoms with Crippen LogP contribution in [0.5, 0.6) is 0 Å². The van der Waals surface area contributed by atoms with Crippen LogP contribution in [-0.4, -0.2) is 27.4 Å². The van der Waals surface area contributed by atoms with Gasteiger partial charge in [0.25, 0.3) is 5.76 Å². The zero-order valence-corrected chi connectivity index (χ0v) is 9.85. The van der Waals surface area contributed by atoms with E-state index in [1.807, 2.05) is 0 Å². The Morgan fingerprint density at radius 3 is 2.19 bits per heavy atom. The van der Waals surface area contributed by atoms with Gasteiger partial charge in [-0.25, -0.2) is 0 Å². The van der Waals surface area contributed by atoms with Gasteiger partial charge in [0.2, 0.25) is 5.02 Å². The second kappa shape index (κ2) is 5.49. The van der Waals surface area contributed by atoms with E-state index in [0.717, 1.165) is 0 Å². The van der Waals surface area contributed by atoms with Gasteiger partial charge in [-0.3, -0.25) is 25.0 Å². The van der Waals surface area contributed by atoms with Crippen LogP contribution in [0.25, 0.3) is 0 Å². The van der Waals surface area contributed by atoms with Gasteiger partial charge in [-0.1, -0.05) is 16.1 Å². The Morgan fingerprint density at radius 1 is 1.29 bits per heavy atom. The minimum atomic E-state index is -5.64. The fourth-order valence-corrected chi connectivity index (χ4v) is 1.29. The summed E-state index contributed by atoms with van der Waals surface area (Å²) in [5.41, 5.74) is -1.58. The molecular formula is C6ClF4N3O7. The van der Waals surface area contributed by atoms with Crippen molar-refractivity contribution in [2.24, 2.45) is 0 Å². The topological polar surface area (TPSA) is 129 Å². The van der Waals surface area contributed by atoms with Crippen molar-refractivity contribution >= 4 is 29.1 Å². The van der Waals surface area contributed by atoms with Crippen LogP contribution < -0.4 is 0 Å². The second-order valence-electron chi connectivity index (χ2n) is 3.00. The first-order chi connectivity index (χ1) is 9.45. The SMILES string of the molecule is O=C(c1oc([N+](=O)[O-])c(Cl)c1[N+](=O)[O-])N(F)OC(F)(F)F. The van der Waals surface area contributed by atoms with Gasteiger partial charge < -0.3 is 4.42 Å². The highest BCUT2D eigenvalue weighted by Gasteiger charge is 2.44. The van der Waals surface area contributed by atoms with Crippen LogP contribution in [0.3, 0.4) is 0 Å². The lowest BCUT2D eigenvalue weighted by Gasteiger charge is -2.10. The average Bonchev–Trinajstić information content (AvgIpc) is 2.63. The maximum atomic E-state index is 12.8. The molecule has 116 valence electrons. The standard InChI is InChI=1S/C6ClF4N3O7/c7-1-2(13(16)17)3(20-5(1)14(18)19)4(15)12(11)21-6(8,9)10. The normalized spacial score (nSPS) is 11.3. The highest BCUT2D eigenvalue weighted by atomic mass is 35.5. The third kappa shape index (κ3) is 3.54. The van der Waals surface area contributed by atoms with Crippen LogP contribution in [0, 0.1) is 20.2 Å². The number of hydrogen-bond acceptors (Lipinski definition) is 7. The number of hydroxylamine groups is 1. The van der Waals surface area contributed by atoms with E-state index in [4.69, 9.17) is 11.6 Å². The van der Waals surface area contributed by atoms with Gasteiger partial charge >= 0.3 is 23.8 Å². The molecule has 0 aliphatic heterocycles. The van der Waals surface area contributed by atoms with Gasteiger partial charge in [0.05, 0.1) is 4.92 Å². The maximum Gasteiger partial charge on any atom is 0.546 e. The fourth-order valence-electron chi connectivity index (χ4n) is 1.03. The predicted octanol–water partition coefficient (Wildman–Crippen LogP) is 2.53. The number of carbonyl (C=O) groups excluding carboxylic acids is 1. The molecule has 0 saturated heterocycles. The van der Waals surface area contributed by atoms with Crippen molar-refractivity contribution in [1.29, 1.82) is 0 Å². The summed E-state index contributed by atoms with van der Waals surface area (Å²) in [4.78, 5) is 31.8. The molecule has 15 heteroatoms. The zero-order valence-electron chi connectivity index (χ0n) is 9.09. The van der Waals surface area contributed by atoms with Crippen molar-refractivity contribution in [1.82, 2.24) is 5.29 Å². The van der Waals surface area contributed by atoms with E-state index < -0.39 is 49.8 Å². The first-order valence-corrected chi connectivity index (χ1v) is 4.70. The van der Waals surface area contributed by atoms with Crippen molar-refractivity contribution in [2.75, 3.05) is 0 Å². The lowest BCUT2D eigenvalue weighted by molar-refractivity contribution is -0.438. The van der Waals surface area contributed by atoms with Gasteiger partial charge in [-0.15, -0.1) is 18.0 Å². The van der Waals surface area contributed by atoms with Crippen molar-refractivity contribution in [3.8, 4) is 0 Å². The number of carbonyl (C=O) groups is 1. The Hall–Kier alpha value is -2.48. The summed E-state index contributed by atoms with van der Waals surface area (Å²) in [7, 11) is 0. The molecule has 0 N–H and O–H groups in total. The number of amides is 1. The molecule has 0 aliphatic carbocycles. The van der Waals surface area contributed by atoms with Crippen LogP contribution in [-0.2, 0) is 4.84 Å². The number of nitrogens with zero attached hydrogens (tertiary/aromatic N) is 3. The van der Waals surface area contributed by atoms with Crippen LogP contribution in [0.2, 0.25) is 5.02 Å². The molecule has 1 aromatic heterocycles. The van der Waals surface area contributed by atoms with Crippen molar-refractivity contribution in [2.45, 2.75) is 6.36 Å². The molecule has 0 bridgehead atoms. The summed E-state index contributed by atoms with van der Waals surface area (Å²) < 4.78 is 51.9. The molecule has 1 aromatic rings. The summed E-state index contributed by atoms with van der Waals surface area (Å²) in [5, 5.41) is 17.7. The van der Waals surface area contributed by atoms with E-state index in [1.165, 1.54) is 0 Å². The summed E-state index contributed by atoms with van der Waals surface area (Å²) in [6.45, 7) is 0. The van der Waals surface area contributed by atoms with Gasteiger partial charge in [-0.2, -0.15) is 0 Å². The number of hydrogen-bond donors (Lipinski definition) is 0. The summed E-state index contributed by atoms with van der Waals surface area (Å²) in [6.07, 6.45) is -5.64. The van der Waals surface area contributed by atoms with Crippen molar-refractivity contribution in [3.05, 3.63) is 31.0 Å². The van der Waals surface area contributed by atoms with Crippen LogP contribution in [0.15, 0.2) is 4.42 Å². The Kier molecular flexibility index (Phi) is 4.33. The molecule has 0 aliphatic rings. The van der Waals surface area contributed by atoms with Crippen LogP contribution >= 0.6 is 11.6 Å². The lowest BCUT2D eigenvalue weighted by atomic mass is 10.3. The molecule has 0 spiro atoms. The Balaban J connectivity index is 3.29. The Labute approximate surface area is 114 Å². The average molecular weight is 338 g/mol. The summed E-state index contributed by atoms with van der Waals surface area (Å²) >= 11 is 5.17. The highest BCUT2D eigenvalue weighted by Crippen LogP contribution is 2.40. The minimum absolute atomic E-state index is 1.30. The molecule has 0 fully saturated rings. The highest BCUT2D eigenvalue weighted by molar-refractivity contribution is 6.35. The van der Waals surface area contributed by atoms with E-state index in [0.29, 0.717) is 0 Å². The number of furan rings is 1. The van der Waals surface area contributed by atoms with Crippen LogP contribution in [0.1, 0.15) is 10.6 Å². The maximum absolute atomic E-state index is 12.8. The van der Waals surface area contributed by atoms with E-state index in [2.05, 4.69) is 9.25 Å². The smallest absolute Gasteiger partial charge is 0.386 e. The number of alkyl halides is 3.